The van der Waals surface area contributed by atoms with Crippen LogP contribution in [0.2, 0.25) is 0 Å². The highest BCUT2D eigenvalue weighted by Gasteiger charge is 2.18. The van der Waals surface area contributed by atoms with Crippen molar-refractivity contribution in [3.8, 4) is 0 Å². The summed E-state index contributed by atoms with van der Waals surface area (Å²) in [6.07, 6.45) is 0.879. The zero-order valence-electron chi connectivity index (χ0n) is 10.9. The molecule has 19 heavy (non-hydrogen) atoms. The number of carboxylic acid groups (broad SMARTS) is 1. The Kier molecular flexibility index (Phi) is 6.37. The Morgan fingerprint density at radius 2 is 2.26 bits per heavy atom. The summed E-state index contributed by atoms with van der Waals surface area (Å²) in [6.45, 7) is 2.14. The first-order chi connectivity index (χ1) is 9.08. The topological polar surface area (TPSA) is 101 Å². The number of aromatic nitrogens is 2. The molecule has 7 nitrogen and oxygen atoms in total. The third kappa shape index (κ3) is 4.92. The van der Waals surface area contributed by atoms with E-state index in [0.717, 1.165) is 18.0 Å². The van der Waals surface area contributed by atoms with E-state index in [1.165, 1.54) is 7.11 Å². The van der Waals surface area contributed by atoms with Gasteiger partial charge < -0.3 is 15.2 Å². The molecule has 0 spiro atoms. The summed E-state index contributed by atoms with van der Waals surface area (Å²) in [5, 5.41) is 15.2. The molecule has 8 heteroatoms. The molecular formula is C11H17N3O4S. The lowest BCUT2D eigenvalue weighted by molar-refractivity contribution is -0.139. The van der Waals surface area contributed by atoms with Crippen molar-refractivity contribution in [3.05, 3.63) is 10.6 Å². The minimum atomic E-state index is -0.966. The summed E-state index contributed by atoms with van der Waals surface area (Å²) >= 11 is 1.04. The molecule has 1 rings (SSSR count). The Morgan fingerprint density at radius 3 is 2.84 bits per heavy atom. The van der Waals surface area contributed by atoms with Crippen molar-refractivity contribution in [1.82, 2.24) is 14.9 Å². The summed E-state index contributed by atoms with van der Waals surface area (Å²) in [5.41, 5.74) is 0.678. The third-order valence-corrected chi connectivity index (χ3v) is 3.24. The fraction of sp³-hybridized carbons (Fsp3) is 0.636. The fourth-order valence-corrected chi connectivity index (χ4v) is 2.13. The van der Waals surface area contributed by atoms with Crippen molar-refractivity contribution in [3.63, 3.8) is 0 Å². The van der Waals surface area contributed by atoms with E-state index in [0.29, 0.717) is 17.0 Å². The average molecular weight is 287 g/mol. The molecule has 1 amide bonds. The van der Waals surface area contributed by atoms with Gasteiger partial charge in [0.1, 0.15) is 4.88 Å². The number of ether oxygens (including phenoxy) is 1. The van der Waals surface area contributed by atoms with Crippen molar-refractivity contribution in [2.24, 2.45) is 0 Å². The molecule has 0 aromatic carbocycles. The highest BCUT2D eigenvalue weighted by Crippen LogP contribution is 2.12. The van der Waals surface area contributed by atoms with Crippen LogP contribution in [0.1, 0.15) is 35.1 Å². The zero-order chi connectivity index (χ0) is 14.3. The third-order valence-electron chi connectivity index (χ3n) is 2.47. The lowest BCUT2D eigenvalue weighted by Crippen LogP contribution is -2.34. The monoisotopic (exact) mass is 287 g/mol. The van der Waals surface area contributed by atoms with Gasteiger partial charge in [-0.25, -0.2) is 0 Å². The zero-order valence-corrected chi connectivity index (χ0v) is 11.7. The van der Waals surface area contributed by atoms with E-state index in [2.05, 4.69) is 14.9 Å². The number of carbonyl (C=O) groups excluding carboxylic acids is 1. The van der Waals surface area contributed by atoms with Crippen LogP contribution in [0.3, 0.4) is 0 Å². The van der Waals surface area contributed by atoms with Crippen LogP contribution in [0.4, 0.5) is 0 Å². The van der Waals surface area contributed by atoms with E-state index in [4.69, 9.17) is 9.84 Å². The molecule has 0 bridgehead atoms. The predicted octanol–water partition coefficient (Wildman–Crippen LogP) is 0.710. The molecule has 0 saturated heterocycles. The van der Waals surface area contributed by atoms with Crippen molar-refractivity contribution in [2.45, 2.75) is 32.3 Å². The minimum Gasteiger partial charge on any atom is -0.481 e. The number of hydrogen-bond acceptors (Lipinski definition) is 6. The Bertz CT molecular complexity index is 435. The van der Waals surface area contributed by atoms with Crippen LogP contribution in [0.5, 0.6) is 0 Å². The molecule has 2 N–H and O–H groups in total. The smallest absolute Gasteiger partial charge is 0.306 e. The molecule has 0 radical (unpaired) electrons. The summed E-state index contributed by atoms with van der Waals surface area (Å²) in [4.78, 5) is 23.0. The summed E-state index contributed by atoms with van der Waals surface area (Å²) in [7, 11) is 1.41. The first-order valence-corrected chi connectivity index (χ1v) is 6.69. The number of amides is 1. The quantitative estimate of drug-likeness (QED) is 0.730. The first kappa shape index (κ1) is 15.5. The number of carbonyl (C=O) groups is 2. The molecule has 0 aliphatic carbocycles. The Labute approximate surface area is 115 Å². The van der Waals surface area contributed by atoms with Crippen LogP contribution in [0, 0.1) is 0 Å². The number of nitrogens with zero attached hydrogens (tertiary/aromatic N) is 2. The van der Waals surface area contributed by atoms with E-state index >= 15 is 0 Å². The van der Waals surface area contributed by atoms with Crippen LogP contribution in [-0.2, 0) is 16.0 Å². The second-order valence-corrected chi connectivity index (χ2v) is 4.72. The average Bonchev–Trinajstić information content (AvgIpc) is 2.82. The number of aryl methyl sites for hydroxylation is 1. The number of methoxy groups -OCH3 is 1. The van der Waals surface area contributed by atoms with Crippen molar-refractivity contribution in [1.29, 1.82) is 0 Å². The van der Waals surface area contributed by atoms with Gasteiger partial charge in [0.05, 0.1) is 18.2 Å². The van der Waals surface area contributed by atoms with Crippen LogP contribution < -0.4 is 5.32 Å². The van der Waals surface area contributed by atoms with Gasteiger partial charge in [0, 0.05) is 13.7 Å². The summed E-state index contributed by atoms with van der Waals surface area (Å²) in [5.74, 6) is -1.25. The normalized spacial score (nSPS) is 12.1. The molecule has 106 valence electrons. The number of carboxylic acids is 1. The number of aliphatic carboxylic acids is 1. The summed E-state index contributed by atoms with van der Waals surface area (Å²) < 4.78 is 8.75. The van der Waals surface area contributed by atoms with E-state index < -0.39 is 12.1 Å². The van der Waals surface area contributed by atoms with Gasteiger partial charge in [-0.3, -0.25) is 9.59 Å². The van der Waals surface area contributed by atoms with Crippen molar-refractivity contribution >= 4 is 23.4 Å². The number of nitrogens with one attached hydrogen (secondary N) is 1. The highest BCUT2D eigenvalue weighted by molar-refractivity contribution is 7.08. The Morgan fingerprint density at radius 1 is 1.53 bits per heavy atom. The van der Waals surface area contributed by atoms with Gasteiger partial charge in [0.2, 0.25) is 0 Å². The van der Waals surface area contributed by atoms with E-state index in [1.807, 2.05) is 6.92 Å². The van der Waals surface area contributed by atoms with E-state index in [-0.39, 0.29) is 18.9 Å². The maximum Gasteiger partial charge on any atom is 0.306 e. The van der Waals surface area contributed by atoms with Crippen LogP contribution >= 0.6 is 11.5 Å². The lowest BCUT2D eigenvalue weighted by Gasteiger charge is -2.13. The molecule has 1 atom stereocenters. The van der Waals surface area contributed by atoms with Crippen LogP contribution in [0.15, 0.2) is 0 Å². The molecule has 1 aromatic heterocycles. The van der Waals surface area contributed by atoms with Crippen molar-refractivity contribution in [2.75, 3.05) is 13.7 Å². The maximum absolute atomic E-state index is 11.9. The molecule has 1 aromatic rings. The Hall–Kier alpha value is -1.54. The molecule has 1 heterocycles. The number of hydrogen-bond donors (Lipinski definition) is 2. The van der Waals surface area contributed by atoms with Gasteiger partial charge in [-0.05, 0) is 18.0 Å². The second kappa shape index (κ2) is 7.80. The minimum absolute atomic E-state index is 0.144. The van der Waals surface area contributed by atoms with Gasteiger partial charge >= 0.3 is 5.97 Å². The molecule has 1 unspecified atom stereocenters. The maximum atomic E-state index is 11.9. The predicted molar refractivity (Wildman–Crippen MR) is 69.3 cm³/mol. The van der Waals surface area contributed by atoms with Crippen LogP contribution in [0.25, 0.3) is 0 Å². The molecule has 0 fully saturated rings. The van der Waals surface area contributed by atoms with Gasteiger partial charge in [0.15, 0.2) is 0 Å². The van der Waals surface area contributed by atoms with E-state index in [1.54, 1.807) is 0 Å². The molecule has 0 aliphatic heterocycles. The van der Waals surface area contributed by atoms with Gasteiger partial charge in [-0.1, -0.05) is 17.8 Å². The second-order valence-electron chi connectivity index (χ2n) is 3.96. The highest BCUT2D eigenvalue weighted by atomic mass is 32.1. The SMILES string of the molecule is CCCc1nnsc1C(=O)NCC(CC(=O)O)OC. The molecule has 0 aliphatic rings. The van der Waals surface area contributed by atoms with Crippen molar-refractivity contribution < 1.29 is 19.4 Å². The van der Waals surface area contributed by atoms with Gasteiger partial charge in [-0.2, -0.15) is 0 Å². The molecular weight excluding hydrogens is 270 g/mol. The summed E-state index contributed by atoms with van der Waals surface area (Å²) in [6, 6.07) is 0. The van der Waals surface area contributed by atoms with E-state index in [9.17, 15) is 9.59 Å². The largest absolute Gasteiger partial charge is 0.481 e. The Balaban J connectivity index is 2.54. The van der Waals surface area contributed by atoms with Gasteiger partial charge in [0.25, 0.3) is 5.91 Å². The number of rotatable bonds is 8. The standard InChI is InChI=1S/C11H17N3O4S/c1-3-4-8-10(19-14-13-8)11(17)12-6-7(18-2)5-9(15)16/h7H,3-6H2,1-2H3,(H,12,17)(H,15,16). The van der Waals surface area contributed by atoms with Gasteiger partial charge in [-0.15, -0.1) is 5.10 Å². The first-order valence-electron chi connectivity index (χ1n) is 5.92. The lowest BCUT2D eigenvalue weighted by atomic mass is 10.2. The molecule has 0 saturated carbocycles. The van der Waals surface area contributed by atoms with Crippen LogP contribution in [-0.4, -0.2) is 46.3 Å². The fourth-order valence-electron chi connectivity index (χ4n) is 1.50.